The minimum absolute atomic E-state index is 0.0234. The number of hydrogen-bond acceptors (Lipinski definition) is 9. The van der Waals surface area contributed by atoms with Crippen LogP contribution in [0.25, 0.3) is 0 Å². The van der Waals surface area contributed by atoms with E-state index in [2.05, 4.69) is 40.7 Å². The summed E-state index contributed by atoms with van der Waals surface area (Å²) in [6, 6.07) is 0. The number of rotatable bonds is 3. The largest absolute Gasteiger partial charge is 0.388 e. The van der Waals surface area contributed by atoms with Gasteiger partial charge in [-0.25, -0.2) is 0 Å². The first-order valence-corrected chi connectivity index (χ1v) is 17.2. The first-order valence-electron chi connectivity index (χ1n) is 17.2. The van der Waals surface area contributed by atoms with Gasteiger partial charge >= 0.3 is 0 Å². The van der Waals surface area contributed by atoms with E-state index in [0.29, 0.717) is 11.8 Å². The smallest absolute Gasteiger partial charge is 0.199 e. The fourth-order valence-corrected chi connectivity index (χ4v) is 13.1. The van der Waals surface area contributed by atoms with Gasteiger partial charge in [0.2, 0.25) is 0 Å². The molecular formula is C35H54O9. The Hall–Kier alpha value is -0.620. The first-order chi connectivity index (χ1) is 20.4. The second-order valence-electron chi connectivity index (χ2n) is 17.8. The van der Waals surface area contributed by atoms with Crippen LogP contribution in [0.15, 0.2) is 11.6 Å². The van der Waals surface area contributed by atoms with Gasteiger partial charge < -0.3 is 44.5 Å². The third kappa shape index (κ3) is 3.33. The van der Waals surface area contributed by atoms with Gasteiger partial charge in [-0.05, 0) is 92.3 Å². The standard InChI is InChI=1S/C35H54O9/c1-17-14-19-26(30(4,5)40)44-35(43-19)25(17)31(6)12-13-34-16-33(34)11-10-22(42-27-24(38)23(37)18(36)15-41-27)29(2,3)20(33)8-9-21(34)32(31,7)28(35)39/h9,17-20,22-28,36-40H,8,10-16H2,1-7H3/t17-,18+,19-,20+,22+,23+,24-,25-,26+,27+,28-,31-,32-,33-,34+,35+/m1/s1. The number of allylic oxidation sites excluding steroid dienone is 1. The lowest BCUT2D eigenvalue weighted by Crippen LogP contribution is -2.58. The number of aliphatic hydroxyl groups is 5. The van der Waals surface area contributed by atoms with Crippen molar-refractivity contribution >= 4 is 0 Å². The van der Waals surface area contributed by atoms with E-state index in [1.807, 2.05) is 0 Å². The number of ether oxygens (including phenoxy) is 4. The molecule has 8 aliphatic rings. The van der Waals surface area contributed by atoms with Crippen LogP contribution >= 0.6 is 0 Å². The van der Waals surface area contributed by atoms with E-state index in [9.17, 15) is 25.5 Å². The van der Waals surface area contributed by atoms with Crippen molar-refractivity contribution in [3.05, 3.63) is 11.6 Å². The zero-order valence-electron chi connectivity index (χ0n) is 27.5. The average molecular weight is 619 g/mol. The fourth-order valence-electron chi connectivity index (χ4n) is 13.1. The van der Waals surface area contributed by atoms with E-state index in [-0.39, 0.29) is 46.4 Å². The second kappa shape index (κ2) is 8.88. The lowest BCUT2D eigenvalue weighted by molar-refractivity contribution is -0.300. The van der Waals surface area contributed by atoms with Crippen LogP contribution in [-0.4, -0.2) is 92.5 Å². The van der Waals surface area contributed by atoms with Gasteiger partial charge in [0.25, 0.3) is 0 Å². The monoisotopic (exact) mass is 618 g/mol. The van der Waals surface area contributed by atoms with E-state index >= 15 is 0 Å². The molecule has 0 amide bonds. The van der Waals surface area contributed by atoms with Crippen molar-refractivity contribution in [1.29, 1.82) is 0 Å². The van der Waals surface area contributed by atoms with Crippen LogP contribution in [0, 0.1) is 44.8 Å². The Morgan fingerprint density at radius 1 is 0.977 bits per heavy atom. The molecule has 248 valence electrons. The van der Waals surface area contributed by atoms with Gasteiger partial charge in [-0.2, -0.15) is 0 Å². The molecule has 9 nitrogen and oxygen atoms in total. The first kappa shape index (κ1) is 30.7. The van der Waals surface area contributed by atoms with E-state index in [4.69, 9.17) is 18.9 Å². The highest BCUT2D eigenvalue weighted by molar-refractivity contribution is 5.48. The predicted molar refractivity (Wildman–Crippen MR) is 159 cm³/mol. The van der Waals surface area contributed by atoms with Crippen LogP contribution in [0.5, 0.6) is 0 Å². The molecule has 0 aromatic rings. The fraction of sp³-hybridized carbons (Fsp3) is 0.943. The van der Waals surface area contributed by atoms with Gasteiger partial charge in [0.15, 0.2) is 12.1 Å². The van der Waals surface area contributed by atoms with Gasteiger partial charge in [0, 0.05) is 11.3 Å². The highest BCUT2D eigenvalue weighted by Gasteiger charge is 2.86. The molecule has 5 aliphatic carbocycles. The normalized spacial score (nSPS) is 60.4. The summed E-state index contributed by atoms with van der Waals surface area (Å²) in [5.41, 5.74) is -0.456. The third-order valence-corrected chi connectivity index (χ3v) is 15.2. The van der Waals surface area contributed by atoms with Crippen molar-refractivity contribution in [3.63, 3.8) is 0 Å². The van der Waals surface area contributed by atoms with Gasteiger partial charge in [-0.3, -0.25) is 0 Å². The molecule has 5 N–H and O–H groups in total. The van der Waals surface area contributed by atoms with Crippen LogP contribution in [0.2, 0.25) is 0 Å². The lowest BCUT2D eigenvalue weighted by Gasteiger charge is -2.60. The zero-order valence-corrected chi connectivity index (χ0v) is 27.5. The number of fused-ring (bicyclic) bond motifs is 4. The molecular weight excluding hydrogens is 564 g/mol. The molecule has 3 spiro atoms. The SMILES string of the molecule is C[C@@H]1C[C@H]2O[C@]3(O[C@@H]2C(C)(C)O)[C@H]1[C@@]1(C)CC[C@@]24C[C@@]25CC[C@H](O[C@@H]2OC[C@H](O)[C@H](O)[C@H]2O)C(C)(C)[C@@H]5CC=C4[C@]1(C)[C@H]3O. The Morgan fingerprint density at radius 3 is 2.41 bits per heavy atom. The van der Waals surface area contributed by atoms with Crippen LogP contribution in [0.3, 0.4) is 0 Å². The molecule has 4 saturated carbocycles. The molecule has 2 bridgehead atoms. The summed E-state index contributed by atoms with van der Waals surface area (Å²) >= 11 is 0. The molecule has 3 aliphatic heterocycles. The maximum atomic E-state index is 12.6. The van der Waals surface area contributed by atoms with Crippen LogP contribution in [0.4, 0.5) is 0 Å². The molecule has 0 radical (unpaired) electrons. The molecule has 8 rings (SSSR count). The molecule has 0 aromatic carbocycles. The molecule has 3 heterocycles. The number of aliphatic hydroxyl groups excluding tert-OH is 4. The summed E-state index contributed by atoms with van der Waals surface area (Å²) in [7, 11) is 0. The Morgan fingerprint density at radius 2 is 1.70 bits per heavy atom. The Labute approximate surface area is 261 Å². The Kier molecular flexibility index (Phi) is 6.20. The van der Waals surface area contributed by atoms with Crippen LogP contribution in [0.1, 0.15) is 93.4 Å². The molecule has 44 heavy (non-hydrogen) atoms. The maximum absolute atomic E-state index is 12.6. The molecule has 0 aromatic heterocycles. The summed E-state index contributed by atoms with van der Waals surface area (Å²) in [5.74, 6) is -0.431. The summed E-state index contributed by atoms with van der Waals surface area (Å²) in [5, 5.41) is 54.4. The van der Waals surface area contributed by atoms with Crippen molar-refractivity contribution in [2.24, 2.45) is 44.8 Å². The molecule has 3 saturated heterocycles. The minimum Gasteiger partial charge on any atom is -0.388 e. The van der Waals surface area contributed by atoms with Crippen molar-refractivity contribution in [2.75, 3.05) is 6.61 Å². The maximum Gasteiger partial charge on any atom is 0.199 e. The summed E-state index contributed by atoms with van der Waals surface area (Å²) in [4.78, 5) is 0. The molecule has 0 unspecified atom stereocenters. The van der Waals surface area contributed by atoms with Crippen molar-refractivity contribution < 1.29 is 44.5 Å². The van der Waals surface area contributed by atoms with Crippen LogP contribution in [-0.2, 0) is 18.9 Å². The third-order valence-electron chi connectivity index (χ3n) is 15.2. The average Bonchev–Trinajstić information content (AvgIpc) is 3.45. The highest BCUT2D eigenvalue weighted by atomic mass is 16.8. The van der Waals surface area contributed by atoms with Crippen molar-refractivity contribution in [3.8, 4) is 0 Å². The minimum atomic E-state index is -1.30. The summed E-state index contributed by atoms with van der Waals surface area (Å²) < 4.78 is 25.7. The van der Waals surface area contributed by atoms with Gasteiger partial charge in [-0.15, -0.1) is 0 Å². The van der Waals surface area contributed by atoms with E-state index in [0.717, 1.165) is 44.9 Å². The van der Waals surface area contributed by atoms with E-state index < -0.39 is 53.6 Å². The van der Waals surface area contributed by atoms with Gasteiger partial charge in [0.05, 0.1) is 24.4 Å². The van der Waals surface area contributed by atoms with Crippen molar-refractivity contribution in [2.45, 2.75) is 154 Å². The molecule has 16 atom stereocenters. The lowest BCUT2D eigenvalue weighted by atomic mass is 9.44. The summed E-state index contributed by atoms with van der Waals surface area (Å²) in [6.45, 7) is 15.0. The number of hydrogen-bond donors (Lipinski definition) is 5. The Bertz CT molecular complexity index is 1260. The highest BCUT2D eigenvalue weighted by Crippen LogP contribution is 2.89. The van der Waals surface area contributed by atoms with Crippen molar-refractivity contribution in [1.82, 2.24) is 0 Å². The topological polar surface area (TPSA) is 138 Å². The predicted octanol–water partition coefficient (Wildman–Crippen LogP) is 3.04. The molecule has 7 fully saturated rings. The van der Waals surface area contributed by atoms with Gasteiger partial charge in [-0.1, -0.05) is 46.3 Å². The van der Waals surface area contributed by atoms with E-state index in [1.165, 1.54) is 5.57 Å². The van der Waals surface area contributed by atoms with Gasteiger partial charge in [0.1, 0.15) is 30.5 Å². The van der Waals surface area contributed by atoms with E-state index in [1.54, 1.807) is 13.8 Å². The van der Waals surface area contributed by atoms with Crippen LogP contribution < -0.4 is 0 Å². The summed E-state index contributed by atoms with van der Waals surface area (Å²) in [6.07, 6.45) is 2.81. The Balaban J connectivity index is 1.13. The zero-order chi connectivity index (χ0) is 31.6. The second-order valence-corrected chi connectivity index (χ2v) is 17.8. The quantitative estimate of drug-likeness (QED) is 0.302. The molecule has 9 heteroatoms.